The standard InChI is InChI=1S/C16H21BrN2O2/c1-4-10-21-15-8-7-14(17)11-13(15)12-18-9-5-6-16(20)19(2)3/h1,7-8,11,18H,5-6,9-10,12H2,2-3H3. The molecule has 0 heterocycles. The van der Waals surface area contributed by atoms with E-state index in [9.17, 15) is 4.79 Å². The minimum Gasteiger partial charge on any atom is -0.481 e. The molecule has 0 saturated heterocycles. The number of benzene rings is 1. The Morgan fingerprint density at radius 1 is 1.48 bits per heavy atom. The molecule has 21 heavy (non-hydrogen) atoms. The predicted molar refractivity (Wildman–Crippen MR) is 88.1 cm³/mol. The highest BCUT2D eigenvalue weighted by molar-refractivity contribution is 9.10. The van der Waals surface area contributed by atoms with Gasteiger partial charge in [0.15, 0.2) is 0 Å². The number of carbonyl (C=O) groups excluding carboxylic acids is 1. The third-order valence-electron chi connectivity index (χ3n) is 2.89. The van der Waals surface area contributed by atoms with Crippen LogP contribution in [0.3, 0.4) is 0 Å². The summed E-state index contributed by atoms with van der Waals surface area (Å²) in [4.78, 5) is 13.1. The Labute approximate surface area is 135 Å². The van der Waals surface area contributed by atoms with Crippen molar-refractivity contribution in [2.75, 3.05) is 27.2 Å². The van der Waals surface area contributed by atoms with Crippen LogP contribution in [0.5, 0.6) is 5.75 Å². The van der Waals surface area contributed by atoms with Gasteiger partial charge in [-0.1, -0.05) is 21.9 Å². The highest BCUT2D eigenvalue weighted by Gasteiger charge is 2.05. The van der Waals surface area contributed by atoms with Gasteiger partial charge in [0.05, 0.1) is 0 Å². The topological polar surface area (TPSA) is 41.6 Å². The lowest BCUT2D eigenvalue weighted by Crippen LogP contribution is -2.23. The zero-order valence-corrected chi connectivity index (χ0v) is 14.1. The van der Waals surface area contributed by atoms with Crippen molar-refractivity contribution in [2.24, 2.45) is 0 Å². The molecule has 114 valence electrons. The van der Waals surface area contributed by atoms with Gasteiger partial charge in [0.2, 0.25) is 5.91 Å². The molecule has 0 aromatic heterocycles. The number of terminal acetylenes is 1. The van der Waals surface area contributed by atoms with Crippen molar-refractivity contribution in [2.45, 2.75) is 19.4 Å². The molecule has 0 bridgehead atoms. The van der Waals surface area contributed by atoms with Crippen LogP contribution in [0.4, 0.5) is 0 Å². The van der Waals surface area contributed by atoms with E-state index in [4.69, 9.17) is 11.2 Å². The van der Waals surface area contributed by atoms with E-state index < -0.39 is 0 Å². The minimum absolute atomic E-state index is 0.150. The normalized spacial score (nSPS) is 10.0. The van der Waals surface area contributed by atoms with Gasteiger partial charge in [0.25, 0.3) is 0 Å². The first kappa shape index (κ1) is 17.5. The molecular weight excluding hydrogens is 332 g/mol. The predicted octanol–water partition coefficient (Wildman–Crippen LogP) is 2.42. The Balaban J connectivity index is 2.42. The zero-order chi connectivity index (χ0) is 15.7. The van der Waals surface area contributed by atoms with Gasteiger partial charge in [-0.15, -0.1) is 6.42 Å². The number of nitrogens with one attached hydrogen (secondary N) is 1. The van der Waals surface area contributed by atoms with Gasteiger partial charge in [0, 0.05) is 37.1 Å². The van der Waals surface area contributed by atoms with Gasteiger partial charge in [-0.3, -0.25) is 4.79 Å². The molecule has 0 atom stereocenters. The zero-order valence-electron chi connectivity index (χ0n) is 12.5. The molecule has 1 aromatic rings. The maximum Gasteiger partial charge on any atom is 0.222 e. The van der Waals surface area contributed by atoms with Gasteiger partial charge in [-0.2, -0.15) is 0 Å². The number of amides is 1. The van der Waals surface area contributed by atoms with Crippen LogP contribution in [0.2, 0.25) is 0 Å². The van der Waals surface area contributed by atoms with E-state index in [2.05, 4.69) is 27.2 Å². The lowest BCUT2D eigenvalue weighted by atomic mass is 10.2. The lowest BCUT2D eigenvalue weighted by Gasteiger charge is -2.12. The first-order valence-electron chi connectivity index (χ1n) is 6.80. The van der Waals surface area contributed by atoms with Crippen LogP contribution in [-0.2, 0) is 11.3 Å². The molecule has 0 aliphatic heterocycles. The molecule has 0 unspecified atom stereocenters. The second kappa shape index (κ2) is 9.43. The van der Waals surface area contributed by atoms with Crippen LogP contribution in [0.25, 0.3) is 0 Å². The largest absolute Gasteiger partial charge is 0.481 e. The smallest absolute Gasteiger partial charge is 0.222 e. The molecule has 0 radical (unpaired) electrons. The summed E-state index contributed by atoms with van der Waals surface area (Å²) in [6.07, 6.45) is 6.58. The molecule has 0 fully saturated rings. The van der Waals surface area contributed by atoms with Gasteiger partial charge in [-0.25, -0.2) is 0 Å². The Kier molecular flexibility index (Phi) is 7.88. The maximum atomic E-state index is 11.4. The number of hydrogen-bond donors (Lipinski definition) is 1. The Morgan fingerprint density at radius 2 is 2.24 bits per heavy atom. The van der Waals surface area contributed by atoms with E-state index >= 15 is 0 Å². The molecule has 0 spiro atoms. The number of hydrogen-bond acceptors (Lipinski definition) is 3. The van der Waals surface area contributed by atoms with Crippen molar-refractivity contribution in [1.82, 2.24) is 10.2 Å². The second-order valence-corrected chi connectivity index (χ2v) is 5.73. The highest BCUT2D eigenvalue weighted by Crippen LogP contribution is 2.23. The summed E-state index contributed by atoms with van der Waals surface area (Å²) >= 11 is 3.45. The SMILES string of the molecule is C#CCOc1ccc(Br)cc1CNCCCC(=O)N(C)C. The van der Waals surface area contributed by atoms with Gasteiger partial charge in [-0.05, 0) is 31.2 Å². The highest BCUT2D eigenvalue weighted by atomic mass is 79.9. The summed E-state index contributed by atoms with van der Waals surface area (Å²) in [5.41, 5.74) is 1.04. The monoisotopic (exact) mass is 352 g/mol. The molecular formula is C16H21BrN2O2. The van der Waals surface area contributed by atoms with Crippen molar-refractivity contribution in [3.63, 3.8) is 0 Å². The van der Waals surface area contributed by atoms with Crippen LogP contribution in [-0.4, -0.2) is 38.1 Å². The number of halogens is 1. The van der Waals surface area contributed by atoms with E-state index in [0.717, 1.165) is 28.8 Å². The quantitative estimate of drug-likeness (QED) is 0.577. The Morgan fingerprint density at radius 3 is 2.90 bits per heavy atom. The van der Waals surface area contributed by atoms with E-state index in [1.54, 1.807) is 19.0 Å². The number of carbonyl (C=O) groups is 1. The second-order valence-electron chi connectivity index (χ2n) is 4.81. The fourth-order valence-electron chi connectivity index (χ4n) is 1.76. The minimum atomic E-state index is 0.150. The molecule has 1 amide bonds. The van der Waals surface area contributed by atoms with Crippen molar-refractivity contribution >= 4 is 21.8 Å². The molecule has 0 aliphatic rings. The summed E-state index contributed by atoms with van der Waals surface area (Å²) in [6.45, 7) is 1.71. The van der Waals surface area contributed by atoms with Crippen LogP contribution in [0.1, 0.15) is 18.4 Å². The number of ether oxygens (including phenoxy) is 1. The molecule has 1 N–H and O–H groups in total. The van der Waals surface area contributed by atoms with E-state index in [-0.39, 0.29) is 12.5 Å². The van der Waals surface area contributed by atoms with Gasteiger partial charge < -0.3 is 15.0 Å². The fourth-order valence-corrected chi connectivity index (χ4v) is 2.17. The fraction of sp³-hybridized carbons (Fsp3) is 0.438. The molecule has 0 aliphatic carbocycles. The van der Waals surface area contributed by atoms with Crippen molar-refractivity contribution in [3.05, 3.63) is 28.2 Å². The van der Waals surface area contributed by atoms with Gasteiger partial charge in [0.1, 0.15) is 12.4 Å². The van der Waals surface area contributed by atoms with E-state index in [1.807, 2.05) is 18.2 Å². The molecule has 1 rings (SSSR count). The number of nitrogens with zero attached hydrogens (tertiary/aromatic N) is 1. The molecule has 0 saturated carbocycles. The lowest BCUT2D eigenvalue weighted by molar-refractivity contribution is -0.128. The van der Waals surface area contributed by atoms with Crippen LogP contribution >= 0.6 is 15.9 Å². The van der Waals surface area contributed by atoms with E-state index in [0.29, 0.717) is 13.0 Å². The van der Waals surface area contributed by atoms with Crippen LogP contribution in [0, 0.1) is 12.3 Å². The van der Waals surface area contributed by atoms with Crippen LogP contribution < -0.4 is 10.1 Å². The van der Waals surface area contributed by atoms with Crippen molar-refractivity contribution in [3.8, 4) is 18.1 Å². The molecule has 1 aromatic carbocycles. The van der Waals surface area contributed by atoms with Crippen molar-refractivity contribution in [1.29, 1.82) is 0 Å². The summed E-state index contributed by atoms with van der Waals surface area (Å²) < 4.78 is 6.51. The first-order valence-corrected chi connectivity index (χ1v) is 7.59. The third-order valence-corrected chi connectivity index (χ3v) is 3.39. The Bertz CT molecular complexity index is 509. The average molecular weight is 353 g/mol. The Hall–Kier alpha value is -1.51. The maximum absolute atomic E-state index is 11.4. The van der Waals surface area contributed by atoms with Gasteiger partial charge >= 0.3 is 0 Å². The number of rotatable bonds is 8. The first-order chi connectivity index (χ1) is 10.0. The third kappa shape index (κ3) is 6.65. The summed E-state index contributed by atoms with van der Waals surface area (Å²) in [5, 5.41) is 3.32. The van der Waals surface area contributed by atoms with Crippen molar-refractivity contribution < 1.29 is 9.53 Å². The summed E-state index contributed by atoms with van der Waals surface area (Å²) in [7, 11) is 3.54. The van der Waals surface area contributed by atoms with E-state index in [1.165, 1.54) is 0 Å². The van der Waals surface area contributed by atoms with Crippen LogP contribution in [0.15, 0.2) is 22.7 Å². The summed E-state index contributed by atoms with van der Waals surface area (Å²) in [6, 6.07) is 5.82. The molecule has 5 heteroatoms. The average Bonchev–Trinajstić information content (AvgIpc) is 2.45. The molecule has 4 nitrogen and oxygen atoms in total. The summed E-state index contributed by atoms with van der Waals surface area (Å²) in [5.74, 6) is 3.40.